The van der Waals surface area contributed by atoms with Crippen LogP contribution in [0.3, 0.4) is 0 Å². The molecule has 0 saturated carbocycles. The van der Waals surface area contributed by atoms with E-state index in [9.17, 15) is 4.21 Å². The van der Waals surface area contributed by atoms with Crippen molar-refractivity contribution in [1.82, 2.24) is 4.72 Å². The number of nitrogens with one attached hydrogen (secondary N) is 1. The molecule has 4 rings (SSSR count). The van der Waals surface area contributed by atoms with Crippen LogP contribution in [0, 0.1) is 0 Å². The van der Waals surface area contributed by atoms with Gasteiger partial charge in [0.15, 0.2) is 17.2 Å². The quantitative estimate of drug-likeness (QED) is 0.879. The Morgan fingerprint density at radius 1 is 1.14 bits per heavy atom. The Kier molecular flexibility index (Phi) is 3.28. The topological polar surface area (TPSA) is 56.8 Å². The van der Waals surface area contributed by atoms with Crippen LogP contribution >= 0.6 is 0 Å². The van der Waals surface area contributed by atoms with Crippen LogP contribution in [0.15, 0.2) is 36.4 Å². The van der Waals surface area contributed by atoms with Crippen LogP contribution < -0.4 is 18.4 Å². The molecule has 0 radical (unpaired) electrons. The summed E-state index contributed by atoms with van der Waals surface area (Å²) in [6, 6.07) is 11.7. The number of ether oxygens (including phenoxy) is 2. The van der Waals surface area contributed by atoms with Crippen molar-refractivity contribution in [1.29, 1.82) is 0 Å². The van der Waals surface area contributed by atoms with Gasteiger partial charge in [-0.2, -0.15) is 8.93 Å². The molecule has 0 spiro atoms. The van der Waals surface area contributed by atoms with E-state index in [0.717, 1.165) is 28.2 Å². The van der Waals surface area contributed by atoms with Gasteiger partial charge in [0.1, 0.15) is 13.2 Å². The molecular weight excluding hydrogens is 302 g/mol. The van der Waals surface area contributed by atoms with E-state index in [0.29, 0.717) is 19.0 Å². The summed E-state index contributed by atoms with van der Waals surface area (Å²) >= 11 is -1.52. The summed E-state index contributed by atoms with van der Waals surface area (Å²) in [5, 5.41) is 0. The molecule has 0 fully saturated rings. The zero-order valence-electron chi connectivity index (χ0n) is 12.0. The van der Waals surface area contributed by atoms with Gasteiger partial charge in [0.2, 0.25) is 0 Å². The van der Waals surface area contributed by atoms with E-state index in [-0.39, 0.29) is 6.04 Å². The van der Waals surface area contributed by atoms with Crippen molar-refractivity contribution in [2.24, 2.45) is 0 Å². The molecule has 2 aliphatic heterocycles. The van der Waals surface area contributed by atoms with Crippen molar-refractivity contribution < 1.29 is 17.9 Å². The Labute approximate surface area is 131 Å². The van der Waals surface area contributed by atoms with Crippen LogP contribution in [0.4, 0.5) is 0 Å². The second-order valence-electron chi connectivity index (χ2n) is 5.24. The zero-order valence-corrected chi connectivity index (χ0v) is 12.8. The first-order chi connectivity index (χ1) is 10.7. The van der Waals surface area contributed by atoms with Gasteiger partial charge in [-0.15, -0.1) is 0 Å². The fourth-order valence-corrected chi connectivity index (χ4v) is 3.54. The average molecular weight is 317 g/mol. The average Bonchev–Trinajstić information content (AvgIpc) is 2.54. The SMILES string of the molecule is CC1NS(=O)Oc2c(-c3ccc4c(c3)OCCO4)cccc21. The molecule has 2 aliphatic rings. The maximum absolute atomic E-state index is 11.8. The van der Waals surface area contributed by atoms with E-state index in [2.05, 4.69) is 4.72 Å². The summed E-state index contributed by atoms with van der Waals surface area (Å²) in [5.74, 6) is 2.13. The van der Waals surface area contributed by atoms with Gasteiger partial charge in [0, 0.05) is 17.2 Å². The lowest BCUT2D eigenvalue weighted by atomic mass is 9.98. The molecule has 0 aromatic heterocycles. The third-order valence-electron chi connectivity index (χ3n) is 3.80. The Morgan fingerprint density at radius 3 is 2.82 bits per heavy atom. The monoisotopic (exact) mass is 317 g/mol. The number of fused-ring (bicyclic) bond motifs is 2. The molecule has 22 heavy (non-hydrogen) atoms. The summed E-state index contributed by atoms with van der Waals surface area (Å²) in [5.41, 5.74) is 2.84. The standard InChI is InChI=1S/C16H15NO4S/c1-10-12-3-2-4-13(16(12)21-22(18)17-10)11-5-6-14-15(9-11)20-8-7-19-14/h2-6,9-10,17H,7-8H2,1H3. The smallest absolute Gasteiger partial charge is 0.288 e. The van der Waals surface area contributed by atoms with Crippen LogP contribution in [0.5, 0.6) is 17.2 Å². The highest BCUT2D eigenvalue weighted by Crippen LogP contribution is 2.42. The highest BCUT2D eigenvalue weighted by Gasteiger charge is 2.25. The third kappa shape index (κ3) is 2.24. The van der Waals surface area contributed by atoms with Crippen molar-refractivity contribution in [3.05, 3.63) is 42.0 Å². The Bertz CT molecular complexity index is 762. The molecule has 0 amide bonds. The maximum atomic E-state index is 11.8. The molecule has 0 aliphatic carbocycles. The number of hydrogen-bond acceptors (Lipinski definition) is 4. The summed E-state index contributed by atoms with van der Waals surface area (Å²) in [6.45, 7) is 3.08. The Balaban J connectivity index is 1.83. The minimum absolute atomic E-state index is 0.0262. The molecule has 2 aromatic rings. The van der Waals surface area contributed by atoms with Gasteiger partial charge in [0.25, 0.3) is 11.3 Å². The van der Waals surface area contributed by atoms with Gasteiger partial charge in [-0.1, -0.05) is 24.3 Å². The zero-order chi connectivity index (χ0) is 15.1. The predicted octanol–water partition coefficient (Wildman–Crippen LogP) is 2.75. The van der Waals surface area contributed by atoms with Crippen molar-refractivity contribution in [3.63, 3.8) is 0 Å². The molecule has 2 atom stereocenters. The first-order valence-electron chi connectivity index (χ1n) is 7.11. The normalized spacial score (nSPS) is 22.6. The van der Waals surface area contributed by atoms with E-state index in [1.165, 1.54) is 0 Å². The van der Waals surface area contributed by atoms with Crippen LogP contribution in [0.2, 0.25) is 0 Å². The van der Waals surface area contributed by atoms with Gasteiger partial charge >= 0.3 is 0 Å². The lowest BCUT2D eigenvalue weighted by molar-refractivity contribution is 0.171. The van der Waals surface area contributed by atoms with Crippen molar-refractivity contribution in [2.45, 2.75) is 13.0 Å². The second kappa shape index (κ2) is 5.30. The fraction of sp³-hybridized carbons (Fsp3) is 0.250. The van der Waals surface area contributed by atoms with Gasteiger partial charge < -0.3 is 13.7 Å². The van der Waals surface area contributed by atoms with Gasteiger partial charge in [-0.25, -0.2) is 0 Å². The Hall–Kier alpha value is -2.05. The molecule has 2 aromatic carbocycles. The molecule has 0 bridgehead atoms. The lowest BCUT2D eigenvalue weighted by Crippen LogP contribution is -2.30. The molecule has 5 nitrogen and oxygen atoms in total. The number of hydrogen-bond donors (Lipinski definition) is 1. The van der Waals surface area contributed by atoms with Crippen LogP contribution in [-0.4, -0.2) is 17.4 Å². The fourth-order valence-electron chi connectivity index (χ4n) is 2.73. The van der Waals surface area contributed by atoms with E-state index in [1.54, 1.807) is 0 Å². The van der Waals surface area contributed by atoms with Crippen LogP contribution in [0.1, 0.15) is 18.5 Å². The lowest BCUT2D eigenvalue weighted by Gasteiger charge is -2.25. The molecule has 1 N–H and O–H groups in total. The number of rotatable bonds is 1. The molecule has 6 heteroatoms. The minimum Gasteiger partial charge on any atom is -0.486 e. The summed E-state index contributed by atoms with van der Waals surface area (Å²) < 4.78 is 31.4. The first-order valence-corrected chi connectivity index (χ1v) is 8.19. The molecule has 2 unspecified atom stereocenters. The largest absolute Gasteiger partial charge is 0.486 e. The van der Waals surface area contributed by atoms with Gasteiger partial charge in [-0.3, -0.25) is 0 Å². The van der Waals surface area contributed by atoms with Crippen LogP contribution in [0.25, 0.3) is 11.1 Å². The number of para-hydroxylation sites is 1. The Morgan fingerprint density at radius 2 is 1.95 bits per heavy atom. The highest BCUT2D eigenvalue weighted by molar-refractivity contribution is 7.78. The summed E-state index contributed by atoms with van der Waals surface area (Å²) in [4.78, 5) is 0. The van der Waals surface area contributed by atoms with Crippen molar-refractivity contribution >= 4 is 11.3 Å². The first kappa shape index (κ1) is 13.6. The highest BCUT2D eigenvalue weighted by atomic mass is 32.2. The molecule has 114 valence electrons. The molecule has 0 saturated heterocycles. The van der Waals surface area contributed by atoms with E-state index >= 15 is 0 Å². The second-order valence-corrected chi connectivity index (χ2v) is 6.11. The van der Waals surface area contributed by atoms with E-state index in [1.807, 2.05) is 43.3 Å². The van der Waals surface area contributed by atoms with Gasteiger partial charge in [0.05, 0.1) is 0 Å². The van der Waals surface area contributed by atoms with Gasteiger partial charge in [-0.05, 0) is 24.6 Å². The van der Waals surface area contributed by atoms with Crippen LogP contribution in [-0.2, 0) is 11.3 Å². The van der Waals surface area contributed by atoms with E-state index < -0.39 is 11.3 Å². The van der Waals surface area contributed by atoms with Crippen molar-refractivity contribution in [3.8, 4) is 28.4 Å². The summed E-state index contributed by atoms with van der Waals surface area (Å²) in [6.07, 6.45) is 0. The van der Waals surface area contributed by atoms with E-state index in [4.69, 9.17) is 13.7 Å². The summed E-state index contributed by atoms with van der Waals surface area (Å²) in [7, 11) is 0. The molecule has 2 heterocycles. The predicted molar refractivity (Wildman–Crippen MR) is 83.2 cm³/mol. The van der Waals surface area contributed by atoms with Crippen molar-refractivity contribution in [2.75, 3.05) is 13.2 Å². The molecular formula is C16H15NO4S. The maximum Gasteiger partial charge on any atom is 0.288 e. The minimum atomic E-state index is -1.52. The number of benzene rings is 2. The third-order valence-corrected chi connectivity index (χ3v) is 4.66.